The lowest BCUT2D eigenvalue weighted by molar-refractivity contribution is 0.102. The van der Waals surface area contributed by atoms with E-state index in [1.54, 1.807) is 25.1 Å². The molecule has 0 aliphatic heterocycles. The maximum absolute atomic E-state index is 12.1. The molecule has 0 atom stereocenters. The third-order valence-corrected chi connectivity index (χ3v) is 3.05. The van der Waals surface area contributed by atoms with Gasteiger partial charge in [-0.15, -0.1) is 0 Å². The number of carbonyl (C=O) groups excluding carboxylic acids is 1. The second-order valence-electron chi connectivity index (χ2n) is 4.35. The van der Waals surface area contributed by atoms with Crippen LogP contribution in [0.1, 0.15) is 15.9 Å². The van der Waals surface area contributed by atoms with Gasteiger partial charge < -0.3 is 10.3 Å². The number of benzene rings is 1. The van der Waals surface area contributed by atoms with Crippen LogP contribution in [-0.2, 0) is 7.05 Å². The van der Waals surface area contributed by atoms with Crippen LogP contribution in [0, 0.1) is 6.92 Å². The predicted molar refractivity (Wildman–Crippen MR) is 76.8 cm³/mol. The fraction of sp³-hybridized carbons (Fsp3) is 0.154. The summed E-state index contributed by atoms with van der Waals surface area (Å²) in [4.78, 5) is 37.5. The molecule has 1 heterocycles. The largest absolute Gasteiger partial charge is 0.328 e. The summed E-state index contributed by atoms with van der Waals surface area (Å²) >= 11 is 0. The van der Waals surface area contributed by atoms with E-state index in [-0.39, 0.29) is 5.56 Å². The van der Waals surface area contributed by atoms with Gasteiger partial charge >= 0.3 is 5.69 Å². The molecule has 0 aliphatic rings. The number of hydrogen-bond donors (Lipinski definition) is 2. The third kappa shape index (κ3) is 2.42. The minimum atomic E-state index is -0.659. The number of nitrogens with one attached hydrogen (secondary N) is 2. The zero-order valence-corrected chi connectivity index (χ0v) is 11.1. The highest BCUT2D eigenvalue weighted by Gasteiger charge is 2.14. The molecule has 0 saturated carbocycles. The highest BCUT2D eigenvalue weighted by molar-refractivity contribution is 6.33. The van der Waals surface area contributed by atoms with Gasteiger partial charge in [-0.3, -0.25) is 14.2 Å². The Balaban J connectivity index is 2.39. The summed E-state index contributed by atoms with van der Waals surface area (Å²) in [6.07, 6.45) is 1.10. The highest BCUT2D eigenvalue weighted by atomic mass is 16.2. The molecule has 2 rings (SSSR count). The summed E-state index contributed by atoms with van der Waals surface area (Å²) in [6.45, 7) is 1.76. The molecule has 0 fully saturated rings. The Morgan fingerprint density at radius 1 is 1.35 bits per heavy atom. The Hall–Kier alpha value is -2.57. The van der Waals surface area contributed by atoms with Crippen LogP contribution in [0.25, 0.3) is 0 Å². The number of carbonyl (C=O) groups is 1. The van der Waals surface area contributed by atoms with E-state index < -0.39 is 17.2 Å². The van der Waals surface area contributed by atoms with E-state index in [1.807, 2.05) is 0 Å². The molecular formula is C13H12BN3O3. The molecule has 2 N–H and O–H groups in total. The highest BCUT2D eigenvalue weighted by Crippen LogP contribution is 2.11. The molecule has 1 aromatic heterocycles. The van der Waals surface area contributed by atoms with E-state index in [9.17, 15) is 14.4 Å². The lowest BCUT2D eigenvalue weighted by atomic mass is 9.90. The number of amides is 1. The quantitative estimate of drug-likeness (QED) is 0.716. The van der Waals surface area contributed by atoms with Crippen LogP contribution in [0.5, 0.6) is 0 Å². The molecule has 100 valence electrons. The summed E-state index contributed by atoms with van der Waals surface area (Å²) in [7, 11) is 7.04. The summed E-state index contributed by atoms with van der Waals surface area (Å²) < 4.78 is 0.834. The summed E-state index contributed by atoms with van der Waals surface area (Å²) in [5.74, 6) is -0.601. The van der Waals surface area contributed by atoms with Crippen molar-refractivity contribution in [2.45, 2.75) is 6.92 Å². The molecular weight excluding hydrogens is 257 g/mol. The van der Waals surface area contributed by atoms with Crippen molar-refractivity contribution in [2.75, 3.05) is 5.32 Å². The van der Waals surface area contributed by atoms with Crippen molar-refractivity contribution >= 4 is 24.9 Å². The van der Waals surface area contributed by atoms with Crippen LogP contribution in [0.2, 0.25) is 0 Å². The minimum Gasteiger partial charge on any atom is -0.322 e. The molecule has 0 aliphatic carbocycles. The number of rotatable bonds is 2. The van der Waals surface area contributed by atoms with E-state index in [4.69, 9.17) is 7.85 Å². The smallest absolute Gasteiger partial charge is 0.322 e. The zero-order valence-electron chi connectivity index (χ0n) is 11.1. The van der Waals surface area contributed by atoms with Crippen molar-refractivity contribution in [3.05, 3.63) is 56.4 Å². The summed E-state index contributed by atoms with van der Waals surface area (Å²) in [6, 6.07) is 5.09. The molecule has 0 bridgehead atoms. The van der Waals surface area contributed by atoms with Crippen LogP contribution in [0.4, 0.5) is 5.69 Å². The van der Waals surface area contributed by atoms with Gasteiger partial charge in [0.25, 0.3) is 11.5 Å². The molecule has 6 nitrogen and oxygen atoms in total. The van der Waals surface area contributed by atoms with E-state index in [0.29, 0.717) is 16.7 Å². The number of aromatic amines is 1. The van der Waals surface area contributed by atoms with Crippen LogP contribution in [0.15, 0.2) is 34.0 Å². The maximum Gasteiger partial charge on any atom is 0.328 e. The van der Waals surface area contributed by atoms with Crippen LogP contribution >= 0.6 is 0 Å². The SMILES string of the molecule is [B]c1cccc(NC(=O)c2c[nH]c(=O)n(C)c2=O)c1C. The first-order chi connectivity index (χ1) is 9.41. The van der Waals surface area contributed by atoms with E-state index >= 15 is 0 Å². The maximum atomic E-state index is 12.1. The van der Waals surface area contributed by atoms with Gasteiger partial charge in [-0.2, -0.15) is 0 Å². The van der Waals surface area contributed by atoms with Gasteiger partial charge in [-0.25, -0.2) is 4.79 Å². The van der Waals surface area contributed by atoms with Gasteiger partial charge in [0.1, 0.15) is 13.4 Å². The van der Waals surface area contributed by atoms with Gasteiger partial charge in [-0.1, -0.05) is 17.6 Å². The topological polar surface area (TPSA) is 84.0 Å². The van der Waals surface area contributed by atoms with Crippen molar-refractivity contribution in [3.8, 4) is 0 Å². The molecule has 0 unspecified atom stereocenters. The van der Waals surface area contributed by atoms with Crippen molar-refractivity contribution in [1.82, 2.24) is 9.55 Å². The average Bonchev–Trinajstić information content (AvgIpc) is 2.41. The van der Waals surface area contributed by atoms with Crippen LogP contribution in [-0.4, -0.2) is 23.3 Å². The van der Waals surface area contributed by atoms with Gasteiger partial charge in [0, 0.05) is 18.9 Å². The number of aromatic nitrogens is 2. The normalized spacial score (nSPS) is 10.3. The fourth-order valence-electron chi connectivity index (χ4n) is 1.71. The standard InChI is InChI=1S/C13H12BN3O3/c1-7-9(14)4-3-5-10(7)16-11(18)8-6-15-13(20)17(2)12(8)19/h3-6H,1-2H3,(H,15,20)(H,16,18). The monoisotopic (exact) mass is 269 g/mol. The lowest BCUT2D eigenvalue weighted by Crippen LogP contribution is -2.37. The molecule has 0 saturated heterocycles. The Bertz CT molecular complexity index is 792. The summed E-state index contributed by atoms with van der Waals surface area (Å²) in [5, 5.41) is 2.60. The van der Waals surface area contributed by atoms with Crippen molar-refractivity contribution in [3.63, 3.8) is 0 Å². The van der Waals surface area contributed by atoms with Crippen molar-refractivity contribution in [1.29, 1.82) is 0 Å². The van der Waals surface area contributed by atoms with Gasteiger partial charge in [0.2, 0.25) is 0 Å². The summed E-state index contributed by atoms with van der Waals surface area (Å²) in [5.41, 5.74) is 0.385. The van der Waals surface area contributed by atoms with E-state index in [2.05, 4.69) is 10.3 Å². The second-order valence-corrected chi connectivity index (χ2v) is 4.35. The van der Waals surface area contributed by atoms with Crippen molar-refractivity contribution in [2.24, 2.45) is 7.05 Å². The Morgan fingerprint density at radius 3 is 2.75 bits per heavy atom. The third-order valence-electron chi connectivity index (χ3n) is 3.05. The molecule has 7 heteroatoms. The first-order valence-electron chi connectivity index (χ1n) is 5.87. The van der Waals surface area contributed by atoms with Gasteiger partial charge in [-0.05, 0) is 18.6 Å². The molecule has 2 aromatic rings. The Morgan fingerprint density at radius 2 is 2.05 bits per heavy atom. The zero-order chi connectivity index (χ0) is 14.9. The Kier molecular flexibility index (Phi) is 3.60. The van der Waals surface area contributed by atoms with E-state index in [1.165, 1.54) is 7.05 Å². The lowest BCUT2D eigenvalue weighted by Gasteiger charge is -2.10. The molecule has 1 aromatic carbocycles. The first kappa shape index (κ1) is 13.9. The van der Waals surface area contributed by atoms with E-state index in [0.717, 1.165) is 10.8 Å². The van der Waals surface area contributed by atoms with Gasteiger partial charge in [0.05, 0.1) is 0 Å². The minimum absolute atomic E-state index is 0.145. The molecule has 20 heavy (non-hydrogen) atoms. The number of anilines is 1. The van der Waals surface area contributed by atoms with Crippen LogP contribution < -0.4 is 22.0 Å². The van der Waals surface area contributed by atoms with Crippen LogP contribution in [0.3, 0.4) is 0 Å². The molecule has 0 spiro atoms. The Labute approximate surface area is 115 Å². The second kappa shape index (κ2) is 5.20. The number of hydrogen-bond acceptors (Lipinski definition) is 3. The number of H-pyrrole nitrogens is 1. The predicted octanol–water partition coefficient (Wildman–Crippen LogP) is -0.572. The first-order valence-corrected chi connectivity index (χ1v) is 5.87. The van der Waals surface area contributed by atoms with Crippen molar-refractivity contribution < 1.29 is 4.79 Å². The van der Waals surface area contributed by atoms with Gasteiger partial charge in [0.15, 0.2) is 0 Å². The molecule has 2 radical (unpaired) electrons. The fourth-order valence-corrected chi connectivity index (χ4v) is 1.71. The molecule has 1 amide bonds. The average molecular weight is 269 g/mol. The number of nitrogens with zero attached hydrogens (tertiary/aromatic N) is 1.